The van der Waals surface area contributed by atoms with E-state index in [0.29, 0.717) is 11.3 Å². The Morgan fingerprint density at radius 1 is 0.727 bits per heavy atom. The lowest BCUT2D eigenvalue weighted by atomic mass is 10.2. The van der Waals surface area contributed by atoms with E-state index in [0.717, 1.165) is 11.3 Å². The molecule has 0 saturated heterocycles. The molecule has 0 heterocycles. The number of benzene rings is 2. The molecule has 0 fully saturated rings. The number of rotatable bonds is 9. The standard InChI is InChI=1S/C16H18O7.C8H10O2/c1-11(2)14(17)21-8-9-22-15(18)16(19)23-10-12-4-6-13(20-3)7-5-12;1-10-8-4-2-7(6-9)3-5-8/h4-7H,1,8-10H2,2-3H3;2-5,9H,6H2,1H3. The van der Waals surface area contributed by atoms with Crippen LogP contribution in [0.15, 0.2) is 60.7 Å². The van der Waals surface area contributed by atoms with Crippen molar-refractivity contribution in [2.45, 2.75) is 20.1 Å². The van der Waals surface area contributed by atoms with E-state index < -0.39 is 17.9 Å². The van der Waals surface area contributed by atoms with Crippen molar-refractivity contribution in [2.24, 2.45) is 0 Å². The molecule has 0 amide bonds. The van der Waals surface area contributed by atoms with Crippen molar-refractivity contribution >= 4 is 17.9 Å². The molecular weight excluding hydrogens is 432 g/mol. The van der Waals surface area contributed by atoms with Gasteiger partial charge in [0.25, 0.3) is 0 Å². The Morgan fingerprint density at radius 3 is 1.58 bits per heavy atom. The average molecular weight is 460 g/mol. The number of ether oxygens (including phenoxy) is 5. The number of aliphatic hydroxyl groups is 1. The maximum absolute atomic E-state index is 11.4. The third-order valence-electron chi connectivity index (χ3n) is 3.94. The number of carbonyl (C=O) groups is 3. The third kappa shape index (κ3) is 10.8. The van der Waals surface area contributed by atoms with E-state index in [1.165, 1.54) is 6.92 Å². The zero-order chi connectivity index (χ0) is 24.6. The van der Waals surface area contributed by atoms with Gasteiger partial charge in [0.05, 0.1) is 20.8 Å². The van der Waals surface area contributed by atoms with Gasteiger partial charge in [-0.1, -0.05) is 30.8 Å². The highest BCUT2D eigenvalue weighted by Gasteiger charge is 2.17. The summed E-state index contributed by atoms with van der Waals surface area (Å²) in [4.78, 5) is 33.9. The molecule has 0 saturated carbocycles. The van der Waals surface area contributed by atoms with Crippen LogP contribution in [0.5, 0.6) is 11.5 Å². The van der Waals surface area contributed by atoms with Crippen LogP contribution in [-0.4, -0.2) is 50.4 Å². The fourth-order valence-electron chi connectivity index (χ4n) is 2.11. The summed E-state index contributed by atoms with van der Waals surface area (Å²) in [6, 6.07) is 14.1. The molecule has 2 aromatic carbocycles. The lowest BCUT2D eigenvalue weighted by Gasteiger charge is -2.07. The molecule has 0 unspecified atom stereocenters. The van der Waals surface area contributed by atoms with Crippen molar-refractivity contribution in [3.63, 3.8) is 0 Å². The predicted molar refractivity (Wildman–Crippen MR) is 118 cm³/mol. The summed E-state index contributed by atoms with van der Waals surface area (Å²) in [6.07, 6.45) is 0. The van der Waals surface area contributed by atoms with E-state index in [1.807, 2.05) is 24.3 Å². The van der Waals surface area contributed by atoms with Gasteiger partial charge in [0.15, 0.2) is 0 Å². The number of aliphatic hydroxyl groups excluding tert-OH is 1. The molecule has 0 atom stereocenters. The zero-order valence-corrected chi connectivity index (χ0v) is 18.9. The predicted octanol–water partition coefficient (Wildman–Crippen LogP) is 2.59. The molecule has 0 spiro atoms. The van der Waals surface area contributed by atoms with Gasteiger partial charge in [-0.05, 0) is 42.3 Å². The summed E-state index contributed by atoms with van der Waals surface area (Å²) in [7, 11) is 3.16. The van der Waals surface area contributed by atoms with Crippen LogP contribution >= 0.6 is 0 Å². The Bertz CT molecular complexity index is 880. The SMILES string of the molecule is C=C(C)C(=O)OCCOC(=O)C(=O)OCc1ccc(OC)cc1.COc1ccc(CO)cc1. The van der Waals surface area contributed by atoms with Crippen molar-refractivity contribution < 1.29 is 43.2 Å². The third-order valence-corrected chi connectivity index (χ3v) is 3.94. The Kier molecular flexibility index (Phi) is 12.4. The first-order valence-electron chi connectivity index (χ1n) is 9.84. The average Bonchev–Trinajstić information content (AvgIpc) is 2.85. The molecular formula is C24H28O9. The van der Waals surface area contributed by atoms with E-state index >= 15 is 0 Å². The first-order valence-corrected chi connectivity index (χ1v) is 9.84. The number of esters is 3. The van der Waals surface area contributed by atoms with Gasteiger partial charge in [0.2, 0.25) is 0 Å². The molecule has 0 aliphatic rings. The molecule has 2 rings (SSSR count). The maximum atomic E-state index is 11.4. The van der Waals surface area contributed by atoms with Crippen LogP contribution in [0.2, 0.25) is 0 Å². The maximum Gasteiger partial charge on any atom is 0.417 e. The van der Waals surface area contributed by atoms with Crippen molar-refractivity contribution in [1.29, 1.82) is 0 Å². The molecule has 0 aromatic heterocycles. The summed E-state index contributed by atoms with van der Waals surface area (Å²) < 4.78 is 24.1. The van der Waals surface area contributed by atoms with Crippen LogP contribution in [0.4, 0.5) is 0 Å². The fourth-order valence-corrected chi connectivity index (χ4v) is 2.11. The molecule has 9 heteroatoms. The van der Waals surface area contributed by atoms with Gasteiger partial charge in [-0.3, -0.25) is 0 Å². The van der Waals surface area contributed by atoms with E-state index in [9.17, 15) is 14.4 Å². The second-order valence-corrected chi connectivity index (χ2v) is 6.48. The van der Waals surface area contributed by atoms with Crippen LogP contribution < -0.4 is 9.47 Å². The molecule has 0 aliphatic heterocycles. The zero-order valence-electron chi connectivity index (χ0n) is 18.9. The molecule has 33 heavy (non-hydrogen) atoms. The smallest absolute Gasteiger partial charge is 0.417 e. The van der Waals surface area contributed by atoms with E-state index in [4.69, 9.17) is 24.1 Å². The van der Waals surface area contributed by atoms with Crippen LogP contribution in [-0.2, 0) is 41.8 Å². The Hall–Kier alpha value is -3.85. The Labute approximate surface area is 192 Å². The fraction of sp³-hybridized carbons (Fsp3) is 0.292. The van der Waals surface area contributed by atoms with Crippen LogP contribution in [0.3, 0.4) is 0 Å². The lowest BCUT2D eigenvalue weighted by molar-refractivity contribution is -0.169. The van der Waals surface area contributed by atoms with Gasteiger partial charge in [-0.15, -0.1) is 0 Å². The molecule has 0 aliphatic carbocycles. The lowest BCUT2D eigenvalue weighted by Crippen LogP contribution is -2.22. The minimum absolute atomic E-state index is 0.0669. The largest absolute Gasteiger partial charge is 0.497 e. The molecule has 2 aromatic rings. The van der Waals surface area contributed by atoms with Crippen LogP contribution in [0.25, 0.3) is 0 Å². The van der Waals surface area contributed by atoms with E-state index in [2.05, 4.69) is 11.3 Å². The minimum atomic E-state index is -1.15. The van der Waals surface area contributed by atoms with Gasteiger partial charge in [-0.25, -0.2) is 14.4 Å². The van der Waals surface area contributed by atoms with E-state index in [-0.39, 0.29) is 32.0 Å². The summed E-state index contributed by atoms with van der Waals surface area (Å²) in [5, 5.41) is 8.66. The minimum Gasteiger partial charge on any atom is -0.497 e. The molecule has 9 nitrogen and oxygen atoms in total. The number of hydrogen-bond donors (Lipinski definition) is 1. The van der Waals surface area contributed by atoms with Gasteiger partial charge >= 0.3 is 17.9 Å². The molecule has 0 radical (unpaired) electrons. The van der Waals surface area contributed by atoms with Gasteiger partial charge < -0.3 is 28.8 Å². The topological polar surface area (TPSA) is 118 Å². The summed E-state index contributed by atoms with van der Waals surface area (Å²) in [6.45, 7) is 4.50. The molecule has 178 valence electrons. The van der Waals surface area contributed by atoms with Crippen LogP contribution in [0, 0.1) is 0 Å². The van der Waals surface area contributed by atoms with Gasteiger partial charge in [-0.2, -0.15) is 0 Å². The van der Waals surface area contributed by atoms with Crippen molar-refractivity contribution in [3.8, 4) is 11.5 Å². The highest BCUT2D eigenvalue weighted by atomic mass is 16.6. The molecule has 0 bridgehead atoms. The first kappa shape index (κ1) is 27.2. The number of carbonyl (C=O) groups excluding carboxylic acids is 3. The highest BCUT2D eigenvalue weighted by Crippen LogP contribution is 2.12. The number of methoxy groups -OCH3 is 2. The van der Waals surface area contributed by atoms with Crippen LogP contribution in [0.1, 0.15) is 18.1 Å². The Balaban J connectivity index is 0.000000451. The number of hydrogen-bond acceptors (Lipinski definition) is 9. The van der Waals surface area contributed by atoms with Gasteiger partial charge in [0, 0.05) is 5.57 Å². The van der Waals surface area contributed by atoms with Crippen molar-refractivity contribution in [3.05, 3.63) is 71.8 Å². The normalized spacial score (nSPS) is 9.58. The Morgan fingerprint density at radius 2 is 1.15 bits per heavy atom. The summed E-state index contributed by atoms with van der Waals surface area (Å²) in [5.41, 5.74) is 1.83. The van der Waals surface area contributed by atoms with Crippen molar-refractivity contribution in [2.75, 3.05) is 27.4 Å². The summed E-state index contributed by atoms with van der Waals surface area (Å²) in [5.74, 6) is -1.37. The summed E-state index contributed by atoms with van der Waals surface area (Å²) >= 11 is 0. The van der Waals surface area contributed by atoms with E-state index in [1.54, 1.807) is 38.5 Å². The van der Waals surface area contributed by atoms with Gasteiger partial charge in [0.1, 0.15) is 31.3 Å². The highest BCUT2D eigenvalue weighted by molar-refractivity contribution is 6.29. The first-order chi connectivity index (χ1) is 15.8. The van der Waals surface area contributed by atoms with Crippen molar-refractivity contribution in [1.82, 2.24) is 0 Å². The second kappa shape index (κ2) is 15.0. The second-order valence-electron chi connectivity index (χ2n) is 6.48. The molecule has 1 N–H and O–H groups in total. The monoisotopic (exact) mass is 460 g/mol. The quantitative estimate of drug-likeness (QED) is 0.198.